The molecule has 2 atom stereocenters. The highest BCUT2D eigenvalue weighted by Crippen LogP contribution is 2.28. The zero-order chi connectivity index (χ0) is 12.8. The van der Waals surface area contributed by atoms with Crippen LogP contribution in [0.3, 0.4) is 0 Å². The summed E-state index contributed by atoms with van der Waals surface area (Å²) < 4.78 is 0. The van der Waals surface area contributed by atoms with Gasteiger partial charge in [-0.05, 0) is 45.2 Å². The fourth-order valence-corrected chi connectivity index (χ4v) is 2.99. The molecule has 0 amide bonds. The monoisotopic (exact) mass is 240 g/mol. The van der Waals surface area contributed by atoms with Gasteiger partial charge in [0, 0.05) is 18.6 Å². The summed E-state index contributed by atoms with van der Waals surface area (Å²) in [5.41, 5.74) is 0. The topological polar surface area (TPSA) is 15.3 Å². The first-order valence-electron chi connectivity index (χ1n) is 7.49. The van der Waals surface area contributed by atoms with Gasteiger partial charge < -0.3 is 10.2 Å². The summed E-state index contributed by atoms with van der Waals surface area (Å²) in [6, 6.07) is 1.38. The molecule has 0 aromatic rings. The second-order valence-corrected chi connectivity index (χ2v) is 6.13. The van der Waals surface area contributed by atoms with Crippen LogP contribution in [0, 0.1) is 11.8 Å². The van der Waals surface area contributed by atoms with Crippen LogP contribution < -0.4 is 5.32 Å². The van der Waals surface area contributed by atoms with Gasteiger partial charge in [-0.25, -0.2) is 0 Å². The summed E-state index contributed by atoms with van der Waals surface area (Å²) in [6.45, 7) is 11.5. The van der Waals surface area contributed by atoms with Crippen molar-refractivity contribution in [3.8, 4) is 0 Å². The maximum absolute atomic E-state index is 3.71. The smallest absolute Gasteiger partial charge is 0.0223 e. The minimum atomic E-state index is 0.678. The normalized spacial score (nSPS) is 21.4. The van der Waals surface area contributed by atoms with Gasteiger partial charge in [-0.2, -0.15) is 0 Å². The highest BCUT2D eigenvalue weighted by Gasteiger charge is 2.26. The molecule has 0 heterocycles. The molecule has 2 nitrogen and oxygen atoms in total. The van der Waals surface area contributed by atoms with Crippen molar-refractivity contribution in [2.45, 2.75) is 65.5 Å². The van der Waals surface area contributed by atoms with Crippen molar-refractivity contribution in [2.24, 2.45) is 11.8 Å². The van der Waals surface area contributed by atoms with E-state index in [0.29, 0.717) is 12.1 Å². The third-order valence-corrected chi connectivity index (χ3v) is 4.58. The average molecular weight is 240 g/mol. The predicted octanol–water partition coefficient (Wildman–Crippen LogP) is 3.13. The molecule has 102 valence electrons. The molecule has 2 unspecified atom stereocenters. The molecule has 0 spiro atoms. The van der Waals surface area contributed by atoms with Crippen molar-refractivity contribution < 1.29 is 0 Å². The van der Waals surface area contributed by atoms with E-state index < -0.39 is 0 Å². The summed E-state index contributed by atoms with van der Waals surface area (Å²) >= 11 is 0. The van der Waals surface area contributed by atoms with Crippen molar-refractivity contribution in [1.29, 1.82) is 0 Å². The van der Waals surface area contributed by atoms with E-state index in [4.69, 9.17) is 0 Å². The number of hydrogen-bond donors (Lipinski definition) is 1. The lowest BCUT2D eigenvalue weighted by molar-refractivity contribution is 0.168. The highest BCUT2D eigenvalue weighted by atomic mass is 15.2. The minimum absolute atomic E-state index is 0.678. The molecule has 1 aliphatic carbocycles. The number of nitrogens with one attached hydrogen (secondary N) is 1. The van der Waals surface area contributed by atoms with Crippen LogP contribution in [-0.2, 0) is 0 Å². The molecular weight excluding hydrogens is 208 g/mol. The van der Waals surface area contributed by atoms with Crippen LogP contribution in [0.5, 0.6) is 0 Å². The molecular formula is C15H32N2. The van der Waals surface area contributed by atoms with E-state index in [9.17, 15) is 0 Å². The Morgan fingerprint density at radius 3 is 2.24 bits per heavy atom. The zero-order valence-electron chi connectivity index (χ0n) is 12.5. The molecule has 1 aliphatic rings. The first kappa shape index (κ1) is 15.0. The molecule has 0 aromatic carbocycles. The van der Waals surface area contributed by atoms with Crippen LogP contribution in [0.25, 0.3) is 0 Å². The van der Waals surface area contributed by atoms with E-state index in [-0.39, 0.29) is 0 Å². The van der Waals surface area contributed by atoms with Gasteiger partial charge in [-0.1, -0.05) is 33.6 Å². The molecule has 0 saturated heterocycles. The Bertz CT molecular complexity index is 197. The predicted molar refractivity (Wildman–Crippen MR) is 76.4 cm³/mol. The number of likely N-dealkylation sites (N-methyl/N-ethyl adjacent to an activating group) is 2. The van der Waals surface area contributed by atoms with Gasteiger partial charge in [0.2, 0.25) is 0 Å². The fraction of sp³-hybridized carbons (Fsp3) is 1.00. The summed E-state index contributed by atoms with van der Waals surface area (Å²) in [4.78, 5) is 2.54. The lowest BCUT2D eigenvalue weighted by Crippen LogP contribution is -2.47. The molecule has 1 N–H and O–H groups in total. The molecule has 0 radical (unpaired) electrons. The van der Waals surface area contributed by atoms with Gasteiger partial charge in [0.05, 0.1) is 0 Å². The van der Waals surface area contributed by atoms with Crippen LogP contribution in [-0.4, -0.2) is 37.1 Å². The molecule has 17 heavy (non-hydrogen) atoms. The first-order valence-corrected chi connectivity index (χ1v) is 7.49. The largest absolute Gasteiger partial charge is 0.313 e. The van der Waals surface area contributed by atoms with Gasteiger partial charge in [0.25, 0.3) is 0 Å². The first-order chi connectivity index (χ1) is 8.06. The van der Waals surface area contributed by atoms with Gasteiger partial charge in [-0.15, -0.1) is 0 Å². The molecule has 1 saturated carbocycles. The third-order valence-electron chi connectivity index (χ3n) is 4.58. The van der Waals surface area contributed by atoms with Crippen LogP contribution >= 0.6 is 0 Å². The Morgan fingerprint density at radius 1 is 1.18 bits per heavy atom. The fourth-order valence-electron chi connectivity index (χ4n) is 2.99. The lowest BCUT2D eigenvalue weighted by Gasteiger charge is -2.34. The lowest BCUT2D eigenvalue weighted by atomic mass is 9.96. The summed E-state index contributed by atoms with van der Waals surface area (Å²) in [7, 11) is 2.28. The standard InChI is InChI=1S/C15H32N2/c1-6-16-15(14-9-7-8-10-14)11-17(5)13(4)12(2)3/h12-16H,6-11H2,1-5H3. The van der Waals surface area contributed by atoms with E-state index in [1.165, 1.54) is 32.2 Å². The zero-order valence-corrected chi connectivity index (χ0v) is 12.5. The second kappa shape index (κ2) is 7.38. The van der Waals surface area contributed by atoms with E-state index in [1.807, 2.05) is 0 Å². The number of hydrogen-bond acceptors (Lipinski definition) is 2. The summed E-state index contributed by atoms with van der Waals surface area (Å²) in [5.74, 6) is 1.66. The molecule has 0 aliphatic heterocycles. The minimum Gasteiger partial charge on any atom is -0.313 e. The van der Waals surface area contributed by atoms with Crippen LogP contribution in [0.15, 0.2) is 0 Å². The molecule has 0 bridgehead atoms. The quantitative estimate of drug-likeness (QED) is 0.735. The maximum atomic E-state index is 3.71. The van der Waals surface area contributed by atoms with Crippen molar-refractivity contribution >= 4 is 0 Å². The van der Waals surface area contributed by atoms with E-state index in [0.717, 1.165) is 18.4 Å². The molecule has 0 aromatic heterocycles. The van der Waals surface area contributed by atoms with E-state index >= 15 is 0 Å². The van der Waals surface area contributed by atoms with Crippen LogP contribution in [0.4, 0.5) is 0 Å². The van der Waals surface area contributed by atoms with Gasteiger partial charge in [0.15, 0.2) is 0 Å². The molecule has 1 rings (SSSR count). The van der Waals surface area contributed by atoms with Crippen LogP contribution in [0.1, 0.15) is 53.4 Å². The van der Waals surface area contributed by atoms with E-state index in [1.54, 1.807) is 0 Å². The van der Waals surface area contributed by atoms with Gasteiger partial charge in [0.1, 0.15) is 0 Å². The summed E-state index contributed by atoms with van der Waals surface area (Å²) in [5, 5.41) is 3.71. The SMILES string of the molecule is CCNC(CN(C)C(C)C(C)C)C1CCCC1. The van der Waals surface area contributed by atoms with E-state index in [2.05, 4.69) is 45.0 Å². The molecule has 1 fully saturated rings. The maximum Gasteiger partial charge on any atom is 0.0223 e. The Labute approximate surface area is 108 Å². The van der Waals surface area contributed by atoms with Gasteiger partial charge in [-0.3, -0.25) is 0 Å². The Morgan fingerprint density at radius 2 is 1.76 bits per heavy atom. The van der Waals surface area contributed by atoms with Crippen molar-refractivity contribution in [3.63, 3.8) is 0 Å². The number of nitrogens with zero attached hydrogens (tertiary/aromatic N) is 1. The van der Waals surface area contributed by atoms with Crippen molar-refractivity contribution in [1.82, 2.24) is 10.2 Å². The Hall–Kier alpha value is -0.0800. The highest BCUT2D eigenvalue weighted by molar-refractivity contribution is 4.83. The van der Waals surface area contributed by atoms with Crippen molar-refractivity contribution in [2.75, 3.05) is 20.1 Å². The number of rotatable bonds is 7. The second-order valence-electron chi connectivity index (χ2n) is 6.13. The third kappa shape index (κ3) is 4.59. The average Bonchev–Trinajstić information content (AvgIpc) is 2.80. The molecule has 2 heteroatoms. The van der Waals surface area contributed by atoms with Gasteiger partial charge >= 0.3 is 0 Å². The Kier molecular flexibility index (Phi) is 6.50. The van der Waals surface area contributed by atoms with Crippen molar-refractivity contribution in [3.05, 3.63) is 0 Å². The Balaban J connectivity index is 2.47. The summed E-state index contributed by atoms with van der Waals surface area (Å²) in [6.07, 6.45) is 5.75. The van der Waals surface area contributed by atoms with Crippen LogP contribution in [0.2, 0.25) is 0 Å².